The maximum atomic E-state index is 2.58. The first-order chi connectivity index (χ1) is 34.7. The molecule has 0 aromatic heterocycles. The van der Waals surface area contributed by atoms with Crippen LogP contribution in [0.3, 0.4) is 0 Å². The van der Waals surface area contributed by atoms with E-state index in [9.17, 15) is 0 Å². The van der Waals surface area contributed by atoms with E-state index in [0.717, 1.165) is 0 Å². The monoisotopic (exact) mass is 892 g/mol. The van der Waals surface area contributed by atoms with Crippen LogP contribution in [-0.2, 0) is 0 Å². The Bertz CT molecular complexity index is 5920. The molecule has 0 amide bonds. The zero-order valence-electron chi connectivity index (χ0n) is 36.7. The van der Waals surface area contributed by atoms with E-state index in [4.69, 9.17) is 0 Å². The summed E-state index contributed by atoms with van der Waals surface area (Å²) in [5.41, 5.74) is 0. The molecule has 0 fully saturated rings. The molecule has 25 aromatic rings. The van der Waals surface area contributed by atoms with Gasteiger partial charge in [-0.2, -0.15) is 0 Å². The topological polar surface area (TPSA) is 0 Å². The maximum Gasteiger partial charge on any atom is 0.187 e. The number of rotatable bonds is 0. The fraction of sp³-hybridized carbons (Fsp3) is 0. The molecule has 25 aromatic carbocycles. The van der Waals surface area contributed by atoms with Crippen molar-refractivity contribution in [3.8, 4) is 0 Å². The van der Waals surface area contributed by atoms with Crippen molar-refractivity contribution in [3.05, 3.63) is 133 Å². The van der Waals surface area contributed by atoms with Crippen LogP contribution in [0.15, 0.2) is 133 Å². The number of benzene rings is 25. The van der Waals surface area contributed by atoms with E-state index in [2.05, 4.69) is 133 Å². The van der Waals surface area contributed by atoms with Gasteiger partial charge in [-0.3, -0.25) is 0 Å². The van der Waals surface area contributed by atoms with Gasteiger partial charge in [0.25, 0.3) is 0 Å². The highest BCUT2D eigenvalue weighted by Crippen LogP contribution is 2.68. The van der Waals surface area contributed by atoms with Gasteiger partial charge < -0.3 is 0 Å². The van der Waals surface area contributed by atoms with Gasteiger partial charge in [-0.15, -0.1) is 0 Å². The number of hydrogen-bond acceptors (Lipinski definition) is 0. The lowest BCUT2D eigenvalue weighted by Gasteiger charge is -2.34. The second-order valence-corrected chi connectivity index (χ2v) is 22.7. The molecule has 0 N–H and O–H groups in total. The summed E-state index contributed by atoms with van der Waals surface area (Å²) in [6.45, 7) is 0. The van der Waals surface area contributed by atoms with E-state index < -0.39 is 0 Å². The second kappa shape index (κ2) is 9.05. The SMILES string of the molecule is [AlH3].c1cc2cc3cc4cc5ccc6cc7cc8cc9cccc%10cc%11cc%12cc%13ccc%14cc%15cc%16cc(c1)c2c1c3c2c4c3c5c6c4c7c5c8c(c9%10)c%11c6c%12c7c%13c%14c8c%15c(c%161)c2c1c3c4c(c56)c7c81. The average molecular weight is 893 g/mol. The van der Waals surface area contributed by atoms with Crippen molar-refractivity contribution in [2.75, 3.05) is 0 Å². The third-order valence-corrected chi connectivity index (χ3v) is 20.3. The quantitative estimate of drug-likeness (QED) is 0.0808. The highest BCUT2D eigenvalue weighted by Gasteiger charge is 2.38. The Balaban J connectivity index is 0.00000353. The van der Waals surface area contributed by atoms with Gasteiger partial charge in [0, 0.05) is 0 Å². The summed E-state index contributed by atoms with van der Waals surface area (Å²) < 4.78 is 0. The molecule has 71 heavy (non-hydrogen) atoms. The van der Waals surface area contributed by atoms with Gasteiger partial charge in [0.15, 0.2) is 17.4 Å². The molecule has 0 aliphatic heterocycles. The molecular weight excluding hydrogens is 868 g/mol. The lowest BCUT2D eigenvalue weighted by Crippen LogP contribution is -2.05. The Labute approximate surface area is 406 Å². The lowest BCUT2D eigenvalue weighted by atomic mass is 9.68. The Kier molecular flexibility index (Phi) is 4.12. The van der Waals surface area contributed by atoms with E-state index in [1.165, 1.54) is 259 Å². The molecule has 0 radical (unpaired) electrons. The van der Waals surface area contributed by atoms with Crippen molar-refractivity contribution < 1.29 is 0 Å². The largest absolute Gasteiger partial charge is 0.187 e. The molecule has 0 atom stereocenters. The maximum absolute atomic E-state index is 2.58. The van der Waals surface area contributed by atoms with E-state index in [1.54, 1.807) is 0 Å². The third-order valence-electron chi connectivity index (χ3n) is 20.3. The fourth-order valence-electron chi connectivity index (χ4n) is 18.6. The summed E-state index contributed by atoms with van der Waals surface area (Å²) in [6.07, 6.45) is 0. The minimum absolute atomic E-state index is 0. The van der Waals surface area contributed by atoms with Crippen molar-refractivity contribution >= 4 is 276 Å². The van der Waals surface area contributed by atoms with E-state index >= 15 is 0 Å². The molecule has 0 aliphatic carbocycles. The molecule has 0 spiro atoms. The summed E-state index contributed by atoms with van der Waals surface area (Å²) in [5.74, 6) is 0. The van der Waals surface area contributed by atoms with Gasteiger partial charge in [0.1, 0.15) is 0 Å². The van der Waals surface area contributed by atoms with Crippen molar-refractivity contribution in [2.45, 2.75) is 0 Å². The molecule has 308 valence electrons. The zero-order valence-corrected chi connectivity index (χ0v) is 36.7. The number of hydrogen-bond donors (Lipinski definition) is 0. The summed E-state index contributed by atoms with van der Waals surface area (Å²) in [6, 6.07) is 54.7. The normalized spacial score (nSPS) is 14.6. The average Bonchev–Trinajstić information content (AvgIpc) is 3.44. The van der Waals surface area contributed by atoms with E-state index in [0.29, 0.717) is 0 Å². The standard InChI is InChI=1S/C70H22.Al.3H/c1-3-23-11-31-19-35-15-27-7-9-29-17-37-21-33-13-25-5-2-6-26-14-34-22-38-18-30-10-8-28-16-36-20-32-12-24(4-1)39(23)53-45(31)59-49(35)55-41(27)43(29)57-51(37)61-47(33)54(40(25)26)48(34)62-52(38)58-44(30)42(28)56-50(36)60(46(32)53)63(59)69-65(55)67(57)70(64(61)62)68(58)66(56)69;;;;/h1-22H;;;;. The molecule has 1 heteroatoms. The predicted molar refractivity (Wildman–Crippen MR) is 316 cm³/mol. The molecule has 25 rings (SSSR count). The minimum atomic E-state index is 0. The first-order valence-corrected chi connectivity index (χ1v) is 25.2. The van der Waals surface area contributed by atoms with Crippen LogP contribution in [0.25, 0.3) is 259 Å². The van der Waals surface area contributed by atoms with Crippen LogP contribution in [0.4, 0.5) is 0 Å². The van der Waals surface area contributed by atoms with E-state index in [-0.39, 0.29) is 17.4 Å². The van der Waals surface area contributed by atoms with Crippen molar-refractivity contribution in [2.24, 2.45) is 0 Å². The summed E-state index contributed by atoms with van der Waals surface area (Å²) in [4.78, 5) is 0. The van der Waals surface area contributed by atoms with Crippen LogP contribution in [-0.4, -0.2) is 17.4 Å². The molecule has 0 saturated heterocycles. The fourth-order valence-corrected chi connectivity index (χ4v) is 18.6. The highest BCUT2D eigenvalue weighted by atomic mass is 27.0. The molecule has 0 unspecified atom stereocenters. The van der Waals surface area contributed by atoms with Gasteiger partial charge in [0.05, 0.1) is 0 Å². The van der Waals surface area contributed by atoms with Crippen molar-refractivity contribution in [1.29, 1.82) is 0 Å². The van der Waals surface area contributed by atoms with Gasteiger partial charge in [-0.1, -0.05) is 60.7 Å². The first-order valence-electron chi connectivity index (χ1n) is 25.2. The molecule has 0 heterocycles. The smallest absolute Gasteiger partial charge is 0.0610 e. The van der Waals surface area contributed by atoms with Crippen LogP contribution < -0.4 is 0 Å². The van der Waals surface area contributed by atoms with Crippen LogP contribution in [0, 0.1) is 0 Å². The third kappa shape index (κ3) is 2.66. The highest BCUT2D eigenvalue weighted by molar-refractivity contribution is 6.70. The molecule has 0 bridgehead atoms. The molecule has 0 aliphatic rings. The van der Waals surface area contributed by atoms with Gasteiger partial charge in [0.2, 0.25) is 0 Å². The summed E-state index contributed by atoms with van der Waals surface area (Å²) in [7, 11) is 0. The Morgan fingerprint density at radius 3 is 0.437 bits per heavy atom. The lowest BCUT2D eigenvalue weighted by molar-refractivity contribution is 1.83. The van der Waals surface area contributed by atoms with Crippen molar-refractivity contribution in [1.82, 2.24) is 0 Å². The summed E-state index contributed by atoms with van der Waals surface area (Å²) in [5, 5.41) is 69.3. The second-order valence-electron chi connectivity index (χ2n) is 22.7. The van der Waals surface area contributed by atoms with E-state index in [1.807, 2.05) is 0 Å². The van der Waals surface area contributed by atoms with Crippen LogP contribution in [0.1, 0.15) is 0 Å². The zero-order chi connectivity index (χ0) is 43.3. The Morgan fingerprint density at radius 2 is 0.239 bits per heavy atom. The van der Waals surface area contributed by atoms with Crippen molar-refractivity contribution in [3.63, 3.8) is 0 Å². The molecule has 0 nitrogen and oxygen atoms in total. The molecule has 0 saturated carbocycles. The van der Waals surface area contributed by atoms with Gasteiger partial charge >= 0.3 is 0 Å². The summed E-state index contributed by atoms with van der Waals surface area (Å²) >= 11 is 0. The predicted octanol–water partition coefficient (Wildman–Crippen LogP) is 19.2. The minimum Gasteiger partial charge on any atom is -0.0610 e. The Morgan fingerprint density at radius 1 is 0.113 bits per heavy atom. The first kappa shape index (κ1) is 32.3. The van der Waals surface area contributed by atoms with Crippen LogP contribution in [0.5, 0.6) is 0 Å². The van der Waals surface area contributed by atoms with Gasteiger partial charge in [-0.25, -0.2) is 0 Å². The van der Waals surface area contributed by atoms with Crippen LogP contribution >= 0.6 is 0 Å². The molecular formula is C70H25Al. The Hall–Kier alpha value is -8.57. The van der Waals surface area contributed by atoms with Crippen LogP contribution in [0.2, 0.25) is 0 Å². The van der Waals surface area contributed by atoms with Gasteiger partial charge in [-0.05, 0) is 331 Å².